The molecule has 1 saturated heterocycles. The first-order chi connectivity index (χ1) is 11.3. The molecule has 4 rings (SSSR count). The molecule has 1 aliphatic heterocycles. The topological polar surface area (TPSA) is 81.4 Å². The van der Waals surface area contributed by atoms with Gasteiger partial charge in [-0.25, -0.2) is 4.98 Å². The first-order valence-electron chi connectivity index (χ1n) is 7.98. The van der Waals surface area contributed by atoms with E-state index in [1.54, 1.807) is 29.6 Å². The zero-order valence-corrected chi connectivity index (χ0v) is 12.7. The van der Waals surface area contributed by atoms with Gasteiger partial charge < -0.3 is 14.2 Å². The quantitative estimate of drug-likeness (QED) is 0.859. The van der Waals surface area contributed by atoms with E-state index in [-0.39, 0.29) is 12.0 Å². The third-order valence-corrected chi connectivity index (χ3v) is 4.22. The SMILES string of the molecule is O=C(c1cc(C2CC2)on1)N1CCC[C@@H](Oc2cnccn2)C1. The van der Waals surface area contributed by atoms with Crippen molar-refractivity contribution in [2.45, 2.75) is 37.7 Å². The minimum Gasteiger partial charge on any atom is -0.471 e. The molecule has 0 spiro atoms. The maximum atomic E-state index is 12.6. The summed E-state index contributed by atoms with van der Waals surface area (Å²) in [5.74, 6) is 1.69. The van der Waals surface area contributed by atoms with Crippen LogP contribution in [0.3, 0.4) is 0 Å². The number of carbonyl (C=O) groups excluding carboxylic acids is 1. The highest BCUT2D eigenvalue weighted by molar-refractivity contribution is 5.92. The Morgan fingerprint density at radius 2 is 2.22 bits per heavy atom. The third kappa shape index (κ3) is 3.18. The van der Waals surface area contributed by atoms with Crippen LogP contribution in [0.5, 0.6) is 5.88 Å². The predicted octanol–water partition coefficient (Wildman–Crippen LogP) is 2.03. The van der Waals surface area contributed by atoms with Crippen LogP contribution in [0.1, 0.15) is 47.8 Å². The van der Waals surface area contributed by atoms with E-state index in [0.717, 1.165) is 31.4 Å². The highest BCUT2D eigenvalue weighted by atomic mass is 16.5. The molecule has 0 bridgehead atoms. The first-order valence-corrected chi connectivity index (χ1v) is 7.98. The summed E-state index contributed by atoms with van der Waals surface area (Å²) < 4.78 is 11.1. The van der Waals surface area contributed by atoms with E-state index < -0.39 is 0 Å². The van der Waals surface area contributed by atoms with Crippen LogP contribution in [0.25, 0.3) is 0 Å². The first kappa shape index (κ1) is 14.2. The van der Waals surface area contributed by atoms with E-state index in [1.165, 1.54) is 0 Å². The number of rotatable bonds is 4. The second-order valence-corrected chi connectivity index (χ2v) is 6.07. The van der Waals surface area contributed by atoms with Crippen molar-refractivity contribution in [3.63, 3.8) is 0 Å². The molecule has 7 nitrogen and oxygen atoms in total. The van der Waals surface area contributed by atoms with Crippen LogP contribution in [0.2, 0.25) is 0 Å². The maximum Gasteiger partial charge on any atom is 0.276 e. The number of aromatic nitrogens is 3. The van der Waals surface area contributed by atoms with Crippen molar-refractivity contribution in [2.24, 2.45) is 0 Å². The number of amides is 1. The van der Waals surface area contributed by atoms with Gasteiger partial charge in [-0.05, 0) is 25.7 Å². The number of likely N-dealkylation sites (tertiary alicyclic amines) is 1. The van der Waals surface area contributed by atoms with Crippen molar-refractivity contribution in [2.75, 3.05) is 13.1 Å². The van der Waals surface area contributed by atoms with Crippen LogP contribution >= 0.6 is 0 Å². The van der Waals surface area contributed by atoms with Gasteiger partial charge >= 0.3 is 0 Å². The summed E-state index contributed by atoms with van der Waals surface area (Å²) in [6.07, 6.45) is 8.75. The second kappa shape index (κ2) is 5.98. The molecule has 3 heterocycles. The summed E-state index contributed by atoms with van der Waals surface area (Å²) in [5.41, 5.74) is 0.395. The Morgan fingerprint density at radius 3 is 3.00 bits per heavy atom. The molecule has 2 fully saturated rings. The van der Waals surface area contributed by atoms with E-state index in [0.29, 0.717) is 30.6 Å². The van der Waals surface area contributed by atoms with Crippen LogP contribution in [0, 0.1) is 0 Å². The van der Waals surface area contributed by atoms with Gasteiger partial charge in [0.2, 0.25) is 5.88 Å². The predicted molar refractivity (Wildman–Crippen MR) is 80.1 cm³/mol. The second-order valence-electron chi connectivity index (χ2n) is 6.07. The Labute approximate surface area is 133 Å². The van der Waals surface area contributed by atoms with Crippen LogP contribution in [0.4, 0.5) is 0 Å². The summed E-state index contributed by atoms with van der Waals surface area (Å²) in [4.78, 5) is 22.5. The molecule has 0 unspecified atom stereocenters. The van der Waals surface area contributed by atoms with Crippen LogP contribution in [0.15, 0.2) is 29.2 Å². The lowest BCUT2D eigenvalue weighted by Crippen LogP contribution is -2.44. The Balaban J connectivity index is 1.40. The Kier molecular flexibility index (Phi) is 3.69. The molecule has 2 aliphatic rings. The number of hydrogen-bond donors (Lipinski definition) is 0. The van der Waals surface area contributed by atoms with Crippen LogP contribution in [-0.4, -0.2) is 45.1 Å². The number of nitrogens with zero attached hydrogens (tertiary/aromatic N) is 4. The smallest absolute Gasteiger partial charge is 0.276 e. The van der Waals surface area contributed by atoms with Gasteiger partial charge in [0.05, 0.1) is 12.7 Å². The summed E-state index contributed by atoms with van der Waals surface area (Å²) in [6, 6.07) is 1.78. The lowest BCUT2D eigenvalue weighted by Gasteiger charge is -2.32. The van der Waals surface area contributed by atoms with Crippen LogP contribution < -0.4 is 4.74 Å². The fourth-order valence-corrected chi connectivity index (χ4v) is 2.85. The molecular formula is C16H18N4O3. The van der Waals surface area contributed by atoms with Gasteiger partial charge in [0.25, 0.3) is 5.91 Å². The highest BCUT2D eigenvalue weighted by Gasteiger charge is 2.31. The van der Waals surface area contributed by atoms with Crippen molar-refractivity contribution >= 4 is 5.91 Å². The van der Waals surface area contributed by atoms with E-state index >= 15 is 0 Å². The van der Waals surface area contributed by atoms with Crippen molar-refractivity contribution in [1.29, 1.82) is 0 Å². The van der Waals surface area contributed by atoms with Crippen molar-refractivity contribution in [1.82, 2.24) is 20.0 Å². The molecule has 0 radical (unpaired) electrons. The average molecular weight is 314 g/mol. The zero-order chi connectivity index (χ0) is 15.6. The summed E-state index contributed by atoms with van der Waals surface area (Å²) >= 11 is 0. The van der Waals surface area contributed by atoms with Crippen molar-refractivity contribution in [3.8, 4) is 5.88 Å². The largest absolute Gasteiger partial charge is 0.471 e. The van der Waals surface area contributed by atoms with E-state index in [2.05, 4.69) is 15.1 Å². The molecule has 1 saturated carbocycles. The molecule has 2 aromatic heterocycles. The van der Waals surface area contributed by atoms with Gasteiger partial charge in [-0.2, -0.15) is 0 Å². The van der Waals surface area contributed by atoms with E-state index in [4.69, 9.17) is 9.26 Å². The Morgan fingerprint density at radius 1 is 1.30 bits per heavy atom. The van der Waals surface area contributed by atoms with E-state index in [9.17, 15) is 4.79 Å². The van der Waals surface area contributed by atoms with Crippen LogP contribution in [-0.2, 0) is 0 Å². The summed E-state index contributed by atoms with van der Waals surface area (Å²) in [6.45, 7) is 1.24. The monoisotopic (exact) mass is 314 g/mol. The standard InChI is InChI=1S/C16H18N4O3/c21-16(13-8-14(23-19-13)11-3-4-11)20-7-1-2-12(10-20)22-15-9-17-5-6-18-15/h5-6,8-9,11-12H,1-4,7,10H2/t12-/m1/s1. The zero-order valence-electron chi connectivity index (χ0n) is 12.7. The molecule has 1 atom stereocenters. The minimum atomic E-state index is -0.0897. The molecule has 1 aliphatic carbocycles. The highest BCUT2D eigenvalue weighted by Crippen LogP contribution is 2.40. The van der Waals surface area contributed by atoms with Crippen molar-refractivity contribution in [3.05, 3.63) is 36.1 Å². The Bertz CT molecular complexity index is 684. The third-order valence-electron chi connectivity index (χ3n) is 4.22. The lowest BCUT2D eigenvalue weighted by atomic mass is 10.1. The lowest BCUT2D eigenvalue weighted by molar-refractivity contribution is 0.0518. The van der Waals surface area contributed by atoms with E-state index in [1.807, 2.05) is 0 Å². The number of carbonyl (C=O) groups is 1. The molecule has 23 heavy (non-hydrogen) atoms. The normalized spacial score (nSPS) is 21.2. The van der Waals surface area contributed by atoms with Gasteiger partial charge in [-0.15, -0.1) is 0 Å². The molecule has 2 aromatic rings. The molecule has 120 valence electrons. The number of piperidine rings is 1. The van der Waals surface area contributed by atoms with Gasteiger partial charge in [-0.1, -0.05) is 5.16 Å². The van der Waals surface area contributed by atoms with Gasteiger partial charge in [-0.3, -0.25) is 9.78 Å². The van der Waals surface area contributed by atoms with Crippen molar-refractivity contribution < 1.29 is 14.1 Å². The van der Waals surface area contributed by atoms with Gasteiger partial charge in [0.15, 0.2) is 5.69 Å². The number of hydrogen-bond acceptors (Lipinski definition) is 6. The molecule has 0 N–H and O–H groups in total. The fourth-order valence-electron chi connectivity index (χ4n) is 2.85. The van der Waals surface area contributed by atoms with Gasteiger partial charge in [0.1, 0.15) is 11.9 Å². The molecule has 0 aromatic carbocycles. The summed E-state index contributed by atoms with van der Waals surface area (Å²) in [7, 11) is 0. The fraction of sp³-hybridized carbons (Fsp3) is 0.500. The minimum absolute atomic E-state index is 0.0702. The Hall–Kier alpha value is -2.44. The molecule has 7 heteroatoms. The van der Waals surface area contributed by atoms with Gasteiger partial charge in [0, 0.05) is 30.9 Å². The molecular weight excluding hydrogens is 296 g/mol. The maximum absolute atomic E-state index is 12.6. The number of ether oxygens (including phenoxy) is 1. The average Bonchev–Trinajstić information content (AvgIpc) is 3.33. The molecule has 1 amide bonds. The summed E-state index contributed by atoms with van der Waals surface area (Å²) in [5, 5.41) is 3.93.